The molecular formula is C20H21Cl2NO4. The fourth-order valence-electron chi connectivity index (χ4n) is 3.16. The molecule has 1 aliphatic rings. The average molecular weight is 410 g/mol. The second-order valence-corrected chi connectivity index (χ2v) is 7.32. The molecule has 0 N–H and O–H groups in total. The van der Waals surface area contributed by atoms with Gasteiger partial charge in [0.15, 0.2) is 27.3 Å². The molecule has 1 heterocycles. The highest BCUT2D eigenvalue weighted by atomic mass is 35.5. The van der Waals surface area contributed by atoms with E-state index in [-0.39, 0.29) is 0 Å². The van der Waals surface area contributed by atoms with Crippen LogP contribution in [-0.4, -0.2) is 40.7 Å². The van der Waals surface area contributed by atoms with Gasteiger partial charge in [-0.2, -0.15) is 0 Å². The molecule has 0 aliphatic carbocycles. The molecule has 0 aromatic heterocycles. The smallest absolute Gasteiger partial charge is 0.185 e. The van der Waals surface area contributed by atoms with Crippen LogP contribution in [0.25, 0.3) is 0 Å². The Hall–Kier alpha value is -2.11. The van der Waals surface area contributed by atoms with E-state index >= 15 is 0 Å². The summed E-state index contributed by atoms with van der Waals surface area (Å²) in [5.74, 6) is 2.41. The third kappa shape index (κ3) is 3.54. The zero-order chi connectivity index (χ0) is 19.6. The molecule has 3 rings (SSSR count). The van der Waals surface area contributed by atoms with Gasteiger partial charge < -0.3 is 18.9 Å². The monoisotopic (exact) mass is 409 g/mol. The minimum atomic E-state index is -1.37. The number of alkyl halides is 2. The lowest BCUT2D eigenvalue weighted by Gasteiger charge is -2.28. The Bertz CT molecular complexity index is 881. The first-order chi connectivity index (χ1) is 13.0. The first kappa shape index (κ1) is 19.6. The molecule has 0 saturated carbocycles. The second kappa shape index (κ2) is 7.87. The van der Waals surface area contributed by atoms with E-state index in [1.807, 2.05) is 12.1 Å². The number of nitrogens with zero attached hydrogens (tertiary/aromatic N) is 1. The Morgan fingerprint density at radius 3 is 2.04 bits per heavy atom. The molecule has 0 fully saturated rings. The van der Waals surface area contributed by atoms with Crippen LogP contribution in [-0.2, 0) is 10.8 Å². The maximum atomic E-state index is 6.83. The molecule has 0 amide bonds. The van der Waals surface area contributed by atoms with Crippen molar-refractivity contribution in [3.8, 4) is 23.0 Å². The van der Waals surface area contributed by atoms with Gasteiger partial charge in [0.05, 0.1) is 34.2 Å². The van der Waals surface area contributed by atoms with E-state index < -0.39 is 4.33 Å². The van der Waals surface area contributed by atoms with E-state index in [4.69, 9.17) is 42.1 Å². The summed E-state index contributed by atoms with van der Waals surface area (Å²) in [6, 6.07) is 9.15. The largest absolute Gasteiger partial charge is 0.493 e. The van der Waals surface area contributed by atoms with Gasteiger partial charge in [0, 0.05) is 12.1 Å². The molecule has 7 heteroatoms. The van der Waals surface area contributed by atoms with Gasteiger partial charge in [-0.1, -0.05) is 29.3 Å². The number of benzene rings is 2. The Morgan fingerprint density at radius 2 is 1.41 bits per heavy atom. The highest BCUT2D eigenvalue weighted by Crippen LogP contribution is 2.44. The van der Waals surface area contributed by atoms with Crippen LogP contribution < -0.4 is 18.9 Å². The summed E-state index contributed by atoms with van der Waals surface area (Å²) in [5, 5.41) is 0. The van der Waals surface area contributed by atoms with Crippen molar-refractivity contribution < 1.29 is 18.9 Å². The van der Waals surface area contributed by atoms with Crippen LogP contribution in [0.15, 0.2) is 35.3 Å². The number of fused-ring (bicyclic) bond motifs is 1. The number of methoxy groups -OCH3 is 4. The highest BCUT2D eigenvalue weighted by Gasteiger charge is 2.37. The number of rotatable bonds is 6. The van der Waals surface area contributed by atoms with Crippen molar-refractivity contribution in [2.24, 2.45) is 4.99 Å². The minimum Gasteiger partial charge on any atom is -0.493 e. The van der Waals surface area contributed by atoms with Crippen LogP contribution in [0.3, 0.4) is 0 Å². The normalized spacial score (nSPS) is 13.5. The van der Waals surface area contributed by atoms with Crippen LogP contribution in [0.5, 0.6) is 23.0 Å². The minimum absolute atomic E-state index is 0.546. The van der Waals surface area contributed by atoms with Gasteiger partial charge in [-0.3, -0.25) is 4.99 Å². The summed E-state index contributed by atoms with van der Waals surface area (Å²) in [4.78, 5) is 4.63. The molecule has 0 bridgehead atoms. The van der Waals surface area contributed by atoms with Crippen molar-refractivity contribution in [2.75, 3.05) is 35.0 Å². The Balaban J connectivity index is 2.10. The Morgan fingerprint density at radius 1 is 0.815 bits per heavy atom. The van der Waals surface area contributed by atoms with Gasteiger partial charge >= 0.3 is 0 Å². The summed E-state index contributed by atoms with van der Waals surface area (Å²) in [6.07, 6.45) is 0.773. The van der Waals surface area contributed by atoms with Crippen molar-refractivity contribution in [3.63, 3.8) is 0 Å². The van der Waals surface area contributed by atoms with E-state index in [2.05, 4.69) is 4.99 Å². The van der Waals surface area contributed by atoms with E-state index in [9.17, 15) is 0 Å². The summed E-state index contributed by atoms with van der Waals surface area (Å²) >= 11 is 13.7. The summed E-state index contributed by atoms with van der Waals surface area (Å²) in [6.45, 7) is 0.590. The number of hydrogen-bond donors (Lipinski definition) is 0. The summed E-state index contributed by atoms with van der Waals surface area (Å²) in [5.41, 5.74) is 3.12. The number of hydrogen-bond acceptors (Lipinski definition) is 5. The second-order valence-electron chi connectivity index (χ2n) is 5.99. The maximum absolute atomic E-state index is 6.83. The SMILES string of the molecule is COc1ccc(C(Cl)(Cl)C2=NCCc3cc(OC)c(OC)cc32)cc1OC. The topological polar surface area (TPSA) is 49.3 Å². The predicted molar refractivity (Wildman–Crippen MR) is 108 cm³/mol. The number of aliphatic imine (C=N–C) groups is 1. The van der Waals surface area contributed by atoms with Crippen LogP contribution in [0.1, 0.15) is 16.7 Å². The van der Waals surface area contributed by atoms with Crippen molar-refractivity contribution in [1.29, 1.82) is 0 Å². The van der Waals surface area contributed by atoms with Crippen molar-refractivity contribution in [2.45, 2.75) is 10.8 Å². The molecule has 27 heavy (non-hydrogen) atoms. The fraction of sp³-hybridized carbons (Fsp3) is 0.350. The molecular weight excluding hydrogens is 389 g/mol. The van der Waals surface area contributed by atoms with Gasteiger partial charge in [-0.05, 0) is 41.8 Å². The summed E-state index contributed by atoms with van der Waals surface area (Å²) in [7, 11) is 6.34. The fourth-order valence-corrected chi connectivity index (χ4v) is 3.72. The van der Waals surface area contributed by atoms with E-state index in [0.717, 1.165) is 17.5 Å². The van der Waals surface area contributed by atoms with Crippen molar-refractivity contribution in [3.05, 3.63) is 47.0 Å². The summed E-state index contributed by atoms with van der Waals surface area (Å²) < 4.78 is 20.1. The predicted octanol–water partition coefficient (Wildman–Crippen LogP) is 4.40. The Kier molecular flexibility index (Phi) is 5.72. The van der Waals surface area contributed by atoms with Crippen LogP contribution in [0.4, 0.5) is 0 Å². The first-order valence-corrected chi connectivity index (χ1v) is 9.12. The van der Waals surface area contributed by atoms with Crippen LogP contribution in [0, 0.1) is 0 Å². The first-order valence-electron chi connectivity index (χ1n) is 8.36. The number of halogens is 2. The van der Waals surface area contributed by atoms with Crippen LogP contribution >= 0.6 is 23.2 Å². The van der Waals surface area contributed by atoms with E-state index in [1.165, 1.54) is 0 Å². The number of ether oxygens (including phenoxy) is 4. The highest BCUT2D eigenvalue weighted by molar-refractivity contribution is 6.60. The Labute approximate surface area is 168 Å². The zero-order valence-corrected chi connectivity index (χ0v) is 17.1. The van der Waals surface area contributed by atoms with Gasteiger partial charge in [-0.15, -0.1) is 0 Å². The average Bonchev–Trinajstić information content (AvgIpc) is 2.71. The molecule has 144 valence electrons. The molecule has 0 unspecified atom stereocenters. The third-order valence-electron chi connectivity index (χ3n) is 4.56. The molecule has 5 nitrogen and oxygen atoms in total. The lowest BCUT2D eigenvalue weighted by Crippen LogP contribution is -2.29. The molecule has 0 atom stereocenters. The molecule has 0 radical (unpaired) electrons. The molecule has 0 saturated heterocycles. The molecule has 2 aromatic carbocycles. The van der Waals surface area contributed by atoms with E-state index in [0.29, 0.717) is 40.8 Å². The van der Waals surface area contributed by atoms with Crippen molar-refractivity contribution in [1.82, 2.24) is 0 Å². The van der Waals surface area contributed by atoms with Gasteiger partial charge in [0.25, 0.3) is 0 Å². The zero-order valence-electron chi connectivity index (χ0n) is 15.6. The maximum Gasteiger partial charge on any atom is 0.185 e. The van der Waals surface area contributed by atoms with Crippen LogP contribution in [0.2, 0.25) is 0 Å². The van der Waals surface area contributed by atoms with Gasteiger partial charge in [0.1, 0.15) is 0 Å². The van der Waals surface area contributed by atoms with Gasteiger partial charge in [0.2, 0.25) is 0 Å². The quantitative estimate of drug-likeness (QED) is 0.663. The lowest BCUT2D eigenvalue weighted by molar-refractivity contribution is 0.354. The van der Waals surface area contributed by atoms with E-state index in [1.54, 1.807) is 46.6 Å². The standard InChI is InChI=1S/C20H21Cl2NO4/c1-24-15-6-5-13(10-17(15)26-3)20(21,22)19-14-11-18(27-4)16(25-2)9-12(14)7-8-23-19/h5-6,9-11H,7-8H2,1-4H3. The molecule has 1 aliphatic heterocycles. The lowest BCUT2D eigenvalue weighted by atomic mass is 9.92. The third-order valence-corrected chi connectivity index (χ3v) is 5.35. The van der Waals surface area contributed by atoms with Gasteiger partial charge in [-0.25, -0.2) is 0 Å². The van der Waals surface area contributed by atoms with Crippen molar-refractivity contribution >= 4 is 28.9 Å². The molecule has 0 spiro atoms. The molecule has 2 aromatic rings.